The summed E-state index contributed by atoms with van der Waals surface area (Å²) in [5, 5.41) is 11.7. The molecular weight excluding hydrogens is 308 g/mol. The lowest BCUT2D eigenvalue weighted by Gasteiger charge is -2.25. The van der Waals surface area contributed by atoms with Crippen molar-refractivity contribution < 1.29 is 9.90 Å². The van der Waals surface area contributed by atoms with Crippen molar-refractivity contribution in [1.82, 2.24) is 4.90 Å². The van der Waals surface area contributed by atoms with E-state index < -0.39 is 0 Å². The SMILES string of the molecule is CC(C)N(CCCO)CC(=O)Nc1cccc(Br)c1. The van der Waals surface area contributed by atoms with Gasteiger partial charge in [0.25, 0.3) is 0 Å². The molecule has 1 amide bonds. The number of hydrogen-bond donors (Lipinski definition) is 2. The van der Waals surface area contributed by atoms with Crippen LogP contribution in [0, 0.1) is 0 Å². The predicted molar refractivity (Wildman–Crippen MR) is 81.2 cm³/mol. The highest BCUT2D eigenvalue weighted by molar-refractivity contribution is 9.10. The minimum atomic E-state index is -0.0373. The highest BCUT2D eigenvalue weighted by atomic mass is 79.9. The van der Waals surface area contributed by atoms with E-state index in [1.54, 1.807) is 0 Å². The first kappa shape index (κ1) is 16.1. The smallest absolute Gasteiger partial charge is 0.238 e. The molecule has 0 aliphatic carbocycles. The highest BCUT2D eigenvalue weighted by Gasteiger charge is 2.13. The Balaban J connectivity index is 2.52. The second-order valence-electron chi connectivity index (χ2n) is 4.70. The lowest BCUT2D eigenvalue weighted by Crippen LogP contribution is -2.38. The van der Waals surface area contributed by atoms with E-state index >= 15 is 0 Å². The van der Waals surface area contributed by atoms with Gasteiger partial charge in [-0.25, -0.2) is 0 Å². The maximum Gasteiger partial charge on any atom is 0.238 e. The minimum Gasteiger partial charge on any atom is -0.396 e. The number of carbonyl (C=O) groups is 1. The summed E-state index contributed by atoms with van der Waals surface area (Å²) in [6.07, 6.45) is 0.683. The van der Waals surface area contributed by atoms with Crippen LogP contribution < -0.4 is 5.32 Å². The van der Waals surface area contributed by atoms with E-state index in [9.17, 15) is 4.79 Å². The molecule has 0 bridgehead atoms. The van der Waals surface area contributed by atoms with Gasteiger partial charge in [-0.3, -0.25) is 9.69 Å². The molecule has 4 nitrogen and oxygen atoms in total. The summed E-state index contributed by atoms with van der Waals surface area (Å²) < 4.78 is 0.936. The maximum atomic E-state index is 12.0. The Kier molecular flexibility index (Phi) is 7.05. The third kappa shape index (κ3) is 6.18. The first-order valence-corrected chi connectivity index (χ1v) is 7.22. The van der Waals surface area contributed by atoms with Crippen LogP contribution in [0.3, 0.4) is 0 Å². The number of nitrogens with one attached hydrogen (secondary N) is 1. The molecule has 0 radical (unpaired) electrons. The molecule has 0 aromatic heterocycles. The van der Waals surface area contributed by atoms with Crippen LogP contribution in [0.25, 0.3) is 0 Å². The Morgan fingerprint density at radius 3 is 2.79 bits per heavy atom. The molecule has 1 aromatic rings. The fourth-order valence-corrected chi connectivity index (χ4v) is 2.14. The fourth-order valence-electron chi connectivity index (χ4n) is 1.74. The van der Waals surface area contributed by atoms with Gasteiger partial charge in [-0.15, -0.1) is 0 Å². The van der Waals surface area contributed by atoms with E-state index in [-0.39, 0.29) is 18.6 Å². The zero-order valence-corrected chi connectivity index (χ0v) is 13.0. The highest BCUT2D eigenvalue weighted by Crippen LogP contribution is 2.15. The molecule has 5 heteroatoms. The number of amides is 1. The number of hydrogen-bond acceptors (Lipinski definition) is 3. The molecule has 0 heterocycles. The maximum absolute atomic E-state index is 12.0. The van der Waals surface area contributed by atoms with Crippen LogP contribution in [-0.2, 0) is 4.79 Å². The summed E-state index contributed by atoms with van der Waals surface area (Å²) in [4.78, 5) is 14.0. The molecule has 0 atom stereocenters. The Labute approximate surface area is 122 Å². The number of aliphatic hydroxyl groups is 1. The van der Waals surface area contributed by atoms with Crippen LogP contribution >= 0.6 is 15.9 Å². The second kappa shape index (κ2) is 8.30. The summed E-state index contributed by atoms with van der Waals surface area (Å²) in [7, 11) is 0. The zero-order chi connectivity index (χ0) is 14.3. The number of nitrogens with zero attached hydrogens (tertiary/aromatic N) is 1. The van der Waals surface area contributed by atoms with E-state index in [4.69, 9.17) is 5.11 Å². The van der Waals surface area contributed by atoms with Crippen molar-refractivity contribution in [2.45, 2.75) is 26.3 Å². The van der Waals surface area contributed by atoms with Crippen molar-refractivity contribution in [2.24, 2.45) is 0 Å². The van der Waals surface area contributed by atoms with Gasteiger partial charge in [0.05, 0.1) is 6.54 Å². The Morgan fingerprint density at radius 2 is 2.21 bits per heavy atom. The fraction of sp³-hybridized carbons (Fsp3) is 0.500. The molecule has 106 valence electrons. The number of halogens is 1. The predicted octanol–water partition coefficient (Wildman–Crippen LogP) is 2.48. The van der Waals surface area contributed by atoms with Crippen LogP contribution in [0.15, 0.2) is 28.7 Å². The van der Waals surface area contributed by atoms with Crippen LogP contribution in [0.4, 0.5) is 5.69 Å². The topological polar surface area (TPSA) is 52.6 Å². The van der Waals surface area contributed by atoms with Gasteiger partial charge in [-0.1, -0.05) is 22.0 Å². The Bertz CT molecular complexity index is 410. The Hall–Kier alpha value is -0.910. The molecule has 0 aliphatic heterocycles. The van der Waals surface area contributed by atoms with Crippen molar-refractivity contribution >= 4 is 27.5 Å². The number of aliphatic hydroxyl groups excluding tert-OH is 1. The summed E-state index contributed by atoms with van der Waals surface area (Å²) in [6, 6.07) is 7.80. The van der Waals surface area contributed by atoms with Crippen LogP contribution in [0.1, 0.15) is 20.3 Å². The van der Waals surface area contributed by atoms with Gasteiger partial charge in [0.2, 0.25) is 5.91 Å². The molecule has 0 aliphatic rings. The number of benzene rings is 1. The van der Waals surface area contributed by atoms with Crippen LogP contribution in [-0.4, -0.2) is 41.7 Å². The third-order valence-corrected chi connectivity index (χ3v) is 3.28. The van der Waals surface area contributed by atoms with Gasteiger partial charge >= 0.3 is 0 Å². The van der Waals surface area contributed by atoms with E-state index in [1.165, 1.54) is 0 Å². The summed E-state index contributed by atoms with van der Waals surface area (Å²) >= 11 is 3.37. The zero-order valence-electron chi connectivity index (χ0n) is 11.4. The summed E-state index contributed by atoms with van der Waals surface area (Å²) in [6.45, 7) is 5.30. The monoisotopic (exact) mass is 328 g/mol. The van der Waals surface area contributed by atoms with Gasteiger partial charge in [0.15, 0.2) is 0 Å². The van der Waals surface area contributed by atoms with E-state index in [0.717, 1.165) is 16.7 Å². The molecule has 0 saturated heterocycles. The molecule has 1 aromatic carbocycles. The second-order valence-corrected chi connectivity index (χ2v) is 5.62. The van der Waals surface area contributed by atoms with Crippen LogP contribution in [0.2, 0.25) is 0 Å². The molecule has 2 N–H and O–H groups in total. The lowest BCUT2D eigenvalue weighted by atomic mass is 10.2. The van der Waals surface area contributed by atoms with E-state index in [0.29, 0.717) is 13.0 Å². The van der Waals surface area contributed by atoms with E-state index in [1.807, 2.05) is 43.0 Å². The molecule has 0 saturated carbocycles. The Morgan fingerprint density at radius 1 is 1.47 bits per heavy atom. The van der Waals surface area contributed by atoms with Crippen LogP contribution in [0.5, 0.6) is 0 Å². The van der Waals surface area contributed by atoms with Gasteiger partial charge in [-0.05, 0) is 38.5 Å². The lowest BCUT2D eigenvalue weighted by molar-refractivity contribution is -0.117. The average molecular weight is 329 g/mol. The normalized spacial score (nSPS) is 11.1. The standard InChI is InChI=1S/C14H21BrN2O2/c1-11(2)17(7-4-8-18)10-14(19)16-13-6-3-5-12(15)9-13/h3,5-6,9,11,18H,4,7-8,10H2,1-2H3,(H,16,19). The third-order valence-electron chi connectivity index (χ3n) is 2.79. The van der Waals surface area contributed by atoms with Crippen molar-refractivity contribution in [3.8, 4) is 0 Å². The van der Waals surface area contributed by atoms with Crippen molar-refractivity contribution in [3.05, 3.63) is 28.7 Å². The van der Waals surface area contributed by atoms with Crippen molar-refractivity contribution in [3.63, 3.8) is 0 Å². The number of carbonyl (C=O) groups excluding carboxylic acids is 1. The minimum absolute atomic E-state index is 0.0373. The van der Waals surface area contributed by atoms with Gasteiger partial charge in [0.1, 0.15) is 0 Å². The van der Waals surface area contributed by atoms with Crippen molar-refractivity contribution in [2.75, 3.05) is 25.0 Å². The summed E-state index contributed by atoms with van der Waals surface area (Å²) in [5.74, 6) is -0.0373. The first-order chi connectivity index (χ1) is 9.02. The molecular formula is C14H21BrN2O2. The first-order valence-electron chi connectivity index (χ1n) is 6.43. The number of rotatable bonds is 7. The molecule has 0 spiro atoms. The molecule has 1 rings (SSSR count). The number of anilines is 1. The largest absolute Gasteiger partial charge is 0.396 e. The van der Waals surface area contributed by atoms with Gasteiger partial charge < -0.3 is 10.4 Å². The van der Waals surface area contributed by atoms with Gasteiger partial charge in [0, 0.05) is 29.4 Å². The molecule has 0 fully saturated rings. The quantitative estimate of drug-likeness (QED) is 0.808. The van der Waals surface area contributed by atoms with Crippen molar-refractivity contribution in [1.29, 1.82) is 0 Å². The van der Waals surface area contributed by atoms with E-state index in [2.05, 4.69) is 21.2 Å². The van der Waals surface area contributed by atoms with Gasteiger partial charge in [-0.2, -0.15) is 0 Å². The molecule has 0 unspecified atom stereocenters. The molecule has 19 heavy (non-hydrogen) atoms. The average Bonchev–Trinajstić information content (AvgIpc) is 2.34. The summed E-state index contributed by atoms with van der Waals surface area (Å²) in [5.41, 5.74) is 0.783.